The van der Waals surface area contributed by atoms with Crippen LogP contribution in [-0.2, 0) is 0 Å². The predicted molar refractivity (Wildman–Crippen MR) is 56.3 cm³/mol. The summed E-state index contributed by atoms with van der Waals surface area (Å²) >= 11 is 0. The topological polar surface area (TPSA) is 26.0 Å². The molecule has 0 aliphatic heterocycles. The summed E-state index contributed by atoms with van der Waals surface area (Å²) in [7, 11) is 0. The van der Waals surface area contributed by atoms with E-state index < -0.39 is 0 Å². The Labute approximate surface area is 80.0 Å². The molecule has 0 heterocycles. The van der Waals surface area contributed by atoms with Gasteiger partial charge in [0.1, 0.15) is 0 Å². The van der Waals surface area contributed by atoms with Crippen LogP contribution in [0.2, 0.25) is 0 Å². The Hall–Kier alpha value is -1.26. The minimum atomic E-state index is -0.0226. The second-order valence-electron chi connectivity index (χ2n) is 3.37. The Balaban J connectivity index is 2.96. The van der Waals surface area contributed by atoms with Crippen LogP contribution >= 0.6 is 0 Å². The summed E-state index contributed by atoms with van der Waals surface area (Å²) in [5, 5.41) is 0. The number of hydrogen-bond acceptors (Lipinski definition) is 1. The molecule has 0 spiro atoms. The molecule has 0 saturated carbocycles. The third kappa shape index (κ3) is 2.34. The van der Waals surface area contributed by atoms with Crippen molar-refractivity contribution in [2.24, 2.45) is 5.73 Å². The van der Waals surface area contributed by atoms with Crippen molar-refractivity contribution >= 4 is 0 Å². The molecule has 0 amide bonds. The third-order valence-electron chi connectivity index (χ3n) is 2.16. The first-order valence-electron chi connectivity index (χ1n) is 4.41. The summed E-state index contributed by atoms with van der Waals surface area (Å²) in [5.41, 5.74) is 9.55. The van der Waals surface area contributed by atoms with E-state index in [1.54, 1.807) is 0 Å². The largest absolute Gasteiger partial charge is 0.323 e. The molecule has 1 atom stereocenters. The van der Waals surface area contributed by atoms with Gasteiger partial charge >= 0.3 is 0 Å². The van der Waals surface area contributed by atoms with Crippen molar-refractivity contribution in [1.29, 1.82) is 0 Å². The van der Waals surface area contributed by atoms with E-state index in [-0.39, 0.29) is 6.04 Å². The highest BCUT2D eigenvalue weighted by Gasteiger charge is 2.06. The molecule has 1 unspecified atom stereocenters. The number of aryl methyl sites for hydroxylation is 2. The van der Waals surface area contributed by atoms with Gasteiger partial charge in [0.2, 0.25) is 0 Å². The van der Waals surface area contributed by atoms with Gasteiger partial charge in [-0.05, 0) is 25.0 Å². The maximum atomic E-state index is 5.91. The molecule has 0 aliphatic carbocycles. The van der Waals surface area contributed by atoms with E-state index in [1.165, 1.54) is 11.1 Å². The fourth-order valence-electron chi connectivity index (χ4n) is 1.48. The van der Waals surface area contributed by atoms with E-state index in [1.807, 2.05) is 0 Å². The Morgan fingerprint density at radius 1 is 1.46 bits per heavy atom. The molecule has 68 valence electrons. The van der Waals surface area contributed by atoms with Crippen LogP contribution in [0.25, 0.3) is 0 Å². The van der Waals surface area contributed by atoms with E-state index >= 15 is 0 Å². The van der Waals surface area contributed by atoms with Gasteiger partial charge < -0.3 is 5.73 Å². The van der Waals surface area contributed by atoms with Crippen molar-refractivity contribution in [3.8, 4) is 12.3 Å². The van der Waals surface area contributed by atoms with E-state index in [2.05, 4.69) is 38.0 Å². The van der Waals surface area contributed by atoms with Crippen LogP contribution in [0.4, 0.5) is 0 Å². The van der Waals surface area contributed by atoms with Gasteiger partial charge in [-0.2, -0.15) is 0 Å². The first kappa shape index (κ1) is 9.83. The molecule has 1 aromatic rings. The molecule has 13 heavy (non-hydrogen) atoms. The highest BCUT2D eigenvalue weighted by molar-refractivity contribution is 5.33. The molecular formula is C12H15N. The van der Waals surface area contributed by atoms with Crippen LogP contribution in [-0.4, -0.2) is 0 Å². The SMILES string of the molecule is C#CCC(N)c1ccc(C)cc1C. The summed E-state index contributed by atoms with van der Waals surface area (Å²) in [5.74, 6) is 2.58. The van der Waals surface area contributed by atoms with Crippen molar-refractivity contribution in [3.05, 3.63) is 34.9 Å². The Bertz CT molecular complexity index is 333. The molecule has 0 saturated heterocycles. The smallest absolute Gasteiger partial charge is 0.0408 e. The first-order valence-corrected chi connectivity index (χ1v) is 4.41. The van der Waals surface area contributed by atoms with E-state index in [9.17, 15) is 0 Å². The average Bonchev–Trinajstić information content (AvgIpc) is 2.04. The third-order valence-corrected chi connectivity index (χ3v) is 2.16. The standard InChI is InChI=1S/C12H15N/c1-4-5-12(13)11-7-6-9(2)8-10(11)3/h1,6-8,12H,5,13H2,2-3H3. The molecule has 0 bridgehead atoms. The van der Waals surface area contributed by atoms with Gasteiger partial charge in [0.25, 0.3) is 0 Å². The van der Waals surface area contributed by atoms with Gasteiger partial charge in [-0.25, -0.2) is 0 Å². The highest BCUT2D eigenvalue weighted by atomic mass is 14.6. The fraction of sp³-hybridized carbons (Fsp3) is 0.333. The zero-order valence-corrected chi connectivity index (χ0v) is 8.17. The molecule has 1 aromatic carbocycles. The molecule has 0 fully saturated rings. The van der Waals surface area contributed by atoms with Crippen LogP contribution in [0.1, 0.15) is 29.2 Å². The van der Waals surface area contributed by atoms with E-state index in [4.69, 9.17) is 12.2 Å². The van der Waals surface area contributed by atoms with Crippen molar-refractivity contribution in [1.82, 2.24) is 0 Å². The number of terminal acetylenes is 1. The molecular weight excluding hydrogens is 158 g/mol. The minimum absolute atomic E-state index is 0.0226. The van der Waals surface area contributed by atoms with Crippen molar-refractivity contribution in [2.45, 2.75) is 26.3 Å². The van der Waals surface area contributed by atoms with Gasteiger partial charge in [-0.3, -0.25) is 0 Å². The number of hydrogen-bond donors (Lipinski definition) is 1. The lowest BCUT2D eigenvalue weighted by Gasteiger charge is -2.12. The zero-order chi connectivity index (χ0) is 9.84. The normalized spacial score (nSPS) is 12.2. The minimum Gasteiger partial charge on any atom is -0.323 e. The van der Waals surface area contributed by atoms with Gasteiger partial charge in [-0.15, -0.1) is 12.3 Å². The average molecular weight is 173 g/mol. The number of rotatable bonds is 2. The second kappa shape index (κ2) is 4.11. The monoisotopic (exact) mass is 173 g/mol. The van der Waals surface area contributed by atoms with Gasteiger partial charge in [0.05, 0.1) is 0 Å². The van der Waals surface area contributed by atoms with Gasteiger partial charge in [0, 0.05) is 12.5 Å². The molecule has 0 aromatic heterocycles. The summed E-state index contributed by atoms with van der Waals surface area (Å²) in [4.78, 5) is 0. The lowest BCUT2D eigenvalue weighted by Crippen LogP contribution is -2.10. The molecule has 0 radical (unpaired) electrons. The molecule has 1 nitrogen and oxygen atoms in total. The second-order valence-corrected chi connectivity index (χ2v) is 3.37. The van der Waals surface area contributed by atoms with Crippen LogP contribution in [0.3, 0.4) is 0 Å². The van der Waals surface area contributed by atoms with E-state index in [0.29, 0.717) is 6.42 Å². The Morgan fingerprint density at radius 2 is 2.15 bits per heavy atom. The summed E-state index contributed by atoms with van der Waals surface area (Å²) in [6.45, 7) is 4.14. The van der Waals surface area contributed by atoms with Gasteiger partial charge in [0.15, 0.2) is 0 Å². The maximum absolute atomic E-state index is 5.91. The maximum Gasteiger partial charge on any atom is 0.0408 e. The summed E-state index contributed by atoms with van der Waals surface area (Å²) < 4.78 is 0. The van der Waals surface area contributed by atoms with Crippen molar-refractivity contribution in [3.63, 3.8) is 0 Å². The van der Waals surface area contributed by atoms with Crippen LogP contribution < -0.4 is 5.73 Å². The van der Waals surface area contributed by atoms with Crippen LogP contribution in [0.5, 0.6) is 0 Å². The lowest BCUT2D eigenvalue weighted by molar-refractivity contribution is 0.748. The summed E-state index contributed by atoms with van der Waals surface area (Å²) in [6.07, 6.45) is 5.82. The number of nitrogens with two attached hydrogens (primary N) is 1. The Morgan fingerprint density at radius 3 is 2.69 bits per heavy atom. The fourth-order valence-corrected chi connectivity index (χ4v) is 1.48. The molecule has 1 heteroatoms. The van der Waals surface area contributed by atoms with Crippen LogP contribution in [0, 0.1) is 26.2 Å². The molecule has 2 N–H and O–H groups in total. The molecule has 1 rings (SSSR count). The molecule has 0 aliphatic rings. The predicted octanol–water partition coefficient (Wildman–Crippen LogP) is 2.33. The van der Waals surface area contributed by atoms with Crippen molar-refractivity contribution < 1.29 is 0 Å². The lowest BCUT2D eigenvalue weighted by atomic mass is 9.98. The van der Waals surface area contributed by atoms with E-state index in [0.717, 1.165) is 5.56 Å². The van der Waals surface area contributed by atoms with Crippen molar-refractivity contribution in [2.75, 3.05) is 0 Å². The Kier molecular flexibility index (Phi) is 3.11. The number of benzene rings is 1. The van der Waals surface area contributed by atoms with Crippen LogP contribution in [0.15, 0.2) is 18.2 Å². The van der Waals surface area contributed by atoms with Gasteiger partial charge in [-0.1, -0.05) is 23.8 Å². The quantitative estimate of drug-likeness (QED) is 0.682. The summed E-state index contributed by atoms with van der Waals surface area (Å²) in [6, 6.07) is 6.24. The highest BCUT2D eigenvalue weighted by Crippen LogP contribution is 2.18. The first-order chi connectivity index (χ1) is 6.15. The zero-order valence-electron chi connectivity index (χ0n) is 8.17.